The Bertz CT molecular complexity index is 647. The van der Waals surface area contributed by atoms with E-state index in [4.69, 9.17) is 10.2 Å². The molecule has 0 aliphatic carbocycles. The van der Waals surface area contributed by atoms with E-state index in [1.807, 2.05) is 24.3 Å². The molecule has 2 aromatic heterocycles. The van der Waals surface area contributed by atoms with Gasteiger partial charge in [-0.3, -0.25) is 0 Å². The molecule has 0 fully saturated rings. The molecule has 5 nitrogen and oxygen atoms in total. The van der Waals surface area contributed by atoms with E-state index < -0.39 is 0 Å². The largest absolute Gasteiger partial charge is 0.464 e. The number of nitrogens with two attached hydrogens (primary N) is 1. The highest BCUT2D eigenvalue weighted by atomic mass is 16.3. The average Bonchev–Trinajstić information content (AvgIpc) is 2.72. The molecule has 0 unspecified atom stereocenters. The van der Waals surface area contributed by atoms with Gasteiger partial charge in [-0.25, -0.2) is 9.97 Å². The number of aromatic nitrogens is 3. The third-order valence-electron chi connectivity index (χ3n) is 2.31. The summed E-state index contributed by atoms with van der Waals surface area (Å²) < 4.78 is 5.40. The predicted molar refractivity (Wildman–Crippen MR) is 59.4 cm³/mol. The minimum absolute atomic E-state index is 0.204. The van der Waals surface area contributed by atoms with Crippen molar-refractivity contribution in [3.8, 4) is 11.4 Å². The number of para-hydroxylation sites is 1. The first-order chi connectivity index (χ1) is 7.84. The maximum absolute atomic E-state index is 5.52. The van der Waals surface area contributed by atoms with Gasteiger partial charge < -0.3 is 10.2 Å². The Kier molecular flexibility index (Phi) is 1.83. The van der Waals surface area contributed by atoms with Crippen LogP contribution in [-0.2, 0) is 0 Å². The van der Waals surface area contributed by atoms with Crippen LogP contribution in [0.3, 0.4) is 0 Å². The molecule has 0 radical (unpaired) electrons. The van der Waals surface area contributed by atoms with E-state index in [2.05, 4.69) is 15.0 Å². The minimum atomic E-state index is 0.204. The van der Waals surface area contributed by atoms with Crippen LogP contribution >= 0.6 is 0 Å². The minimum Gasteiger partial charge on any atom is -0.464 e. The first kappa shape index (κ1) is 8.84. The van der Waals surface area contributed by atoms with Gasteiger partial charge in [0.2, 0.25) is 5.95 Å². The first-order valence-electron chi connectivity index (χ1n) is 4.76. The molecule has 0 saturated carbocycles. The monoisotopic (exact) mass is 212 g/mol. The topological polar surface area (TPSA) is 77.8 Å². The second kappa shape index (κ2) is 3.30. The van der Waals surface area contributed by atoms with E-state index in [9.17, 15) is 0 Å². The Morgan fingerprint density at radius 1 is 1.12 bits per heavy atom. The SMILES string of the molecule is Nc1ncnc(-c2coc3ccccc23)n1. The highest BCUT2D eigenvalue weighted by Crippen LogP contribution is 2.27. The molecule has 0 bridgehead atoms. The summed E-state index contributed by atoms with van der Waals surface area (Å²) >= 11 is 0. The Morgan fingerprint density at radius 3 is 2.88 bits per heavy atom. The summed E-state index contributed by atoms with van der Waals surface area (Å²) in [7, 11) is 0. The van der Waals surface area contributed by atoms with Gasteiger partial charge in [-0.2, -0.15) is 4.98 Å². The summed E-state index contributed by atoms with van der Waals surface area (Å²) in [4.78, 5) is 11.9. The number of hydrogen-bond donors (Lipinski definition) is 1. The molecule has 3 aromatic rings. The number of anilines is 1. The number of nitrogen functional groups attached to an aromatic ring is 1. The van der Waals surface area contributed by atoms with Crippen molar-refractivity contribution >= 4 is 16.9 Å². The fourth-order valence-corrected chi connectivity index (χ4v) is 1.59. The molecule has 0 aliphatic heterocycles. The van der Waals surface area contributed by atoms with Gasteiger partial charge in [0.1, 0.15) is 18.2 Å². The Labute approximate surface area is 91.0 Å². The van der Waals surface area contributed by atoms with Crippen molar-refractivity contribution in [1.29, 1.82) is 0 Å². The smallest absolute Gasteiger partial charge is 0.223 e. The fourth-order valence-electron chi connectivity index (χ4n) is 1.59. The van der Waals surface area contributed by atoms with Gasteiger partial charge in [-0.1, -0.05) is 18.2 Å². The van der Waals surface area contributed by atoms with E-state index >= 15 is 0 Å². The first-order valence-corrected chi connectivity index (χ1v) is 4.76. The molecule has 0 aliphatic rings. The van der Waals surface area contributed by atoms with Crippen LogP contribution in [0.15, 0.2) is 41.3 Å². The van der Waals surface area contributed by atoms with Crippen LogP contribution in [0.4, 0.5) is 5.95 Å². The van der Waals surface area contributed by atoms with E-state index in [1.165, 1.54) is 6.33 Å². The molecular formula is C11H8N4O. The Morgan fingerprint density at radius 2 is 2.00 bits per heavy atom. The van der Waals surface area contributed by atoms with Gasteiger partial charge in [0.25, 0.3) is 0 Å². The summed E-state index contributed by atoms with van der Waals surface area (Å²) in [5.74, 6) is 0.729. The Balaban J connectivity index is 2.26. The lowest BCUT2D eigenvalue weighted by Gasteiger charge is -1.96. The lowest BCUT2D eigenvalue weighted by atomic mass is 10.2. The van der Waals surface area contributed by atoms with E-state index in [-0.39, 0.29) is 5.95 Å². The summed E-state index contributed by atoms with van der Waals surface area (Å²) in [5, 5.41) is 0.966. The van der Waals surface area contributed by atoms with Gasteiger partial charge in [-0.05, 0) is 6.07 Å². The zero-order chi connectivity index (χ0) is 11.0. The second-order valence-electron chi connectivity index (χ2n) is 3.31. The van der Waals surface area contributed by atoms with E-state index in [1.54, 1.807) is 6.26 Å². The molecule has 1 aromatic carbocycles. The lowest BCUT2D eigenvalue weighted by Crippen LogP contribution is -1.97. The molecule has 0 amide bonds. The number of nitrogens with zero attached hydrogens (tertiary/aromatic N) is 3. The van der Waals surface area contributed by atoms with Crippen LogP contribution in [-0.4, -0.2) is 15.0 Å². The van der Waals surface area contributed by atoms with Crippen molar-refractivity contribution in [1.82, 2.24) is 15.0 Å². The zero-order valence-electron chi connectivity index (χ0n) is 8.29. The van der Waals surface area contributed by atoms with Gasteiger partial charge in [0.05, 0.1) is 5.56 Å². The molecule has 5 heteroatoms. The van der Waals surface area contributed by atoms with Crippen molar-refractivity contribution in [3.05, 3.63) is 36.9 Å². The van der Waals surface area contributed by atoms with E-state index in [0.717, 1.165) is 16.5 Å². The predicted octanol–water partition coefficient (Wildman–Crippen LogP) is 1.87. The molecule has 0 spiro atoms. The zero-order valence-corrected chi connectivity index (χ0v) is 8.29. The summed E-state index contributed by atoms with van der Waals surface area (Å²) in [6.07, 6.45) is 3.01. The summed E-state index contributed by atoms with van der Waals surface area (Å²) in [6, 6.07) is 7.70. The van der Waals surface area contributed by atoms with Crippen LogP contribution in [0, 0.1) is 0 Å². The molecule has 0 saturated heterocycles. The number of rotatable bonds is 1. The van der Waals surface area contributed by atoms with Gasteiger partial charge >= 0.3 is 0 Å². The van der Waals surface area contributed by atoms with Gasteiger partial charge in [0.15, 0.2) is 5.82 Å². The summed E-state index contributed by atoms with van der Waals surface area (Å²) in [5.41, 5.74) is 7.14. The number of fused-ring (bicyclic) bond motifs is 1. The van der Waals surface area contributed by atoms with Crippen molar-refractivity contribution < 1.29 is 4.42 Å². The number of furan rings is 1. The average molecular weight is 212 g/mol. The third kappa shape index (κ3) is 1.30. The highest BCUT2D eigenvalue weighted by molar-refractivity contribution is 5.91. The van der Waals surface area contributed by atoms with Crippen LogP contribution in [0.25, 0.3) is 22.4 Å². The molecule has 2 heterocycles. The molecule has 2 N–H and O–H groups in total. The maximum atomic E-state index is 5.52. The summed E-state index contributed by atoms with van der Waals surface area (Å²) in [6.45, 7) is 0. The molecule has 0 atom stereocenters. The fraction of sp³-hybridized carbons (Fsp3) is 0. The number of hydrogen-bond acceptors (Lipinski definition) is 5. The standard InChI is InChI=1S/C11H8N4O/c12-11-14-6-13-10(15-11)8-5-16-9-4-2-1-3-7(8)9/h1-6H,(H2,12,13,14,15). The van der Waals surface area contributed by atoms with Crippen LogP contribution in [0.2, 0.25) is 0 Å². The maximum Gasteiger partial charge on any atom is 0.223 e. The van der Waals surface area contributed by atoms with Crippen LogP contribution < -0.4 is 5.73 Å². The normalized spacial score (nSPS) is 10.8. The molecular weight excluding hydrogens is 204 g/mol. The molecule has 78 valence electrons. The highest BCUT2D eigenvalue weighted by Gasteiger charge is 2.10. The lowest BCUT2D eigenvalue weighted by molar-refractivity contribution is 0.616. The molecule has 16 heavy (non-hydrogen) atoms. The Hall–Kier alpha value is -2.43. The van der Waals surface area contributed by atoms with Gasteiger partial charge in [-0.15, -0.1) is 0 Å². The van der Waals surface area contributed by atoms with Crippen LogP contribution in [0.1, 0.15) is 0 Å². The van der Waals surface area contributed by atoms with E-state index in [0.29, 0.717) is 5.82 Å². The van der Waals surface area contributed by atoms with Crippen LogP contribution in [0.5, 0.6) is 0 Å². The van der Waals surface area contributed by atoms with Crippen molar-refractivity contribution in [3.63, 3.8) is 0 Å². The quantitative estimate of drug-likeness (QED) is 0.666. The third-order valence-corrected chi connectivity index (χ3v) is 2.31. The van der Waals surface area contributed by atoms with Crippen molar-refractivity contribution in [2.24, 2.45) is 0 Å². The van der Waals surface area contributed by atoms with Crippen molar-refractivity contribution in [2.45, 2.75) is 0 Å². The molecule has 3 rings (SSSR count). The number of benzene rings is 1. The second-order valence-corrected chi connectivity index (χ2v) is 3.31. The van der Waals surface area contributed by atoms with Gasteiger partial charge in [0, 0.05) is 5.39 Å². The van der Waals surface area contributed by atoms with Crippen molar-refractivity contribution in [2.75, 3.05) is 5.73 Å².